The highest BCUT2D eigenvalue weighted by atomic mass is 32.2. The van der Waals surface area contributed by atoms with E-state index in [-0.39, 0.29) is 17.6 Å². The standard InChI is InChI=1S/C10H17N3OS/c1-7(2)13-9(14)12-8(11)10(13)4-3-5-15-6-10/h7H,3-6H2,1-2H3,(H2,11,12,14). The van der Waals surface area contributed by atoms with E-state index >= 15 is 0 Å². The second-order valence-corrected chi connectivity index (χ2v) is 5.54. The molecule has 2 N–H and O–H groups in total. The Morgan fingerprint density at radius 1 is 1.60 bits per heavy atom. The lowest BCUT2D eigenvalue weighted by Crippen LogP contribution is -2.59. The summed E-state index contributed by atoms with van der Waals surface area (Å²) in [7, 11) is 0. The van der Waals surface area contributed by atoms with Gasteiger partial charge in [-0.2, -0.15) is 16.8 Å². The molecule has 0 radical (unpaired) electrons. The van der Waals surface area contributed by atoms with Crippen LogP contribution < -0.4 is 5.73 Å². The van der Waals surface area contributed by atoms with Gasteiger partial charge in [-0.25, -0.2) is 4.79 Å². The molecule has 1 fully saturated rings. The molecule has 2 heterocycles. The first-order chi connectivity index (χ1) is 7.08. The third-order valence-corrected chi connectivity index (χ3v) is 4.36. The molecule has 0 bridgehead atoms. The molecular formula is C10H17N3OS. The lowest BCUT2D eigenvalue weighted by atomic mass is 9.92. The Morgan fingerprint density at radius 2 is 2.33 bits per heavy atom. The maximum Gasteiger partial charge on any atom is 0.346 e. The normalized spacial score (nSPS) is 31.5. The Labute approximate surface area is 94.3 Å². The van der Waals surface area contributed by atoms with Gasteiger partial charge in [0.2, 0.25) is 0 Å². The minimum Gasteiger partial charge on any atom is -0.385 e. The molecule has 0 aromatic rings. The molecule has 1 saturated heterocycles. The zero-order valence-corrected chi connectivity index (χ0v) is 10.0. The molecule has 1 atom stereocenters. The lowest BCUT2D eigenvalue weighted by molar-refractivity contribution is 0.151. The quantitative estimate of drug-likeness (QED) is 0.737. The molecule has 0 aromatic carbocycles. The van der Waals surface area contributed by atoms with E-state index in [2.05, 4.69) is 4.99 Å². The zero-order valence-electron chi connectivity index (χ0n) is 9.19. The van der Waals surface area contributed by atoms with Gasteiger partial charge in [-0.05, 0) is 32.4 Å². The maximum atomic E-state index is 11.7. The van der Waals surface area contributed by atoms with Crippen LogP contribution in [-0.2, 0) is 0 Å². The van der Waals surface area contributed by atoms with Crippen LogP contribution >= 0.6 is 11.8 Å². The molecule has 1 spiro atoms. The summed E-state index contributed by atoms with van der Waals surface area (Å²) in [6.45, 7) is 4.04. The number of aliphatic imine (C=N–C) groups is 1. The highest BCUT2D eigenvalue weighted by Gasteiger charge is 2.50. The number of carbonyl (C=O) groups excluding carboxylic acids is 1. The molecule has 2 amide bonds. The number of rotatable bonds is 1. The number of carbonyl (C=O) groups is 1. The smallest absolute Gasteiger partial charge is 0.346 e. The fourth-order valence-corrected chi connectivity index (χ4v) is 3.72. The average molecular weight is 227 g/mol. The fraction of sp³-hybridized carbons (Fsp3) is 0.800. The van der Waals surface area contributed by atoms with Crippen LogP contribution in [0.15, 0.2) is 4.99 Å². The van der Waals surface area contributed by atoms with E-state index in [1.54, 1.807) is 0 Å². The van der Waals surface area contributed by atoms with E-state index in [9.17, 15) is 4.79 Å². The van der Waals surface area contributed by atoms with Crippen molar-refractivity contribution in [2.75, 3.05) is 11.5 Å². The summed E-state index contributed by atoms with van der Waals surface area (Å²) in [4.78, 5) is 17.5. The molecule has 84 valence electrons. The molecule has 5 heteroatoms. The number of thioether (sulfide) groups is 1. The first kappa shape index (κ1) is 10.8. The van der Waals surface area contributed by atoms with Crippen LogP contribution in [0, 0.1) is 0 Å². The fourth-order valence-electron chi connectivity index (χ4n) is 2.45. The number of nitrogens with two attached hydrogens (primary N) is 1. The molecule has 4 nitrogen and oxygen atoms in total. The van der Waals surface area contributed by atoms with Crippen molar-refractivity contribution < 1.29 is 4.79 Å². The monoisotopic (exact) mass is 227 g/mol. The van der Waals surface area contributed by atoms with Crippen LogP contribution in [0.2, 0.25) is 0 Å². The number of amidine groups is 1. The molecule has 0 aliphatic carbocycles. The summed E-state index contributed by atoms with van der Waals surface area (Å²) in [5.74, 6) is 2.58. The molecule has 1 unspecified atom stereocenters. The Balaban J connectivity index is 2.33. The molecule has 2 aliphatic heterocycles. The first-order valence-corrected chi connectivity index (χ1v) is 6.49. The van der Waals surface area contributed by atoms with E-state index in [1.807, 2.05) is 30.5 Å². The molecule has 2 aliphatic rings. The summed E-state index contributed by atoms with van der Waals surface area (Å²) in [5.41, 5.74) is 5.65. The molecule has 2 rings (SSSR count). The molecule has 15 heavy (non-hydrogen) atoms. The van der Waals surface area contributed by atoms with Crippen molar-refractivity contribution in [3.05, 3.63) is 0 Å². The van der Waals surface area contributed by atoms with Crippen molar-refractivity contribution in [2.24, 2.45) is 10.7 Å². The minimum absolute atomic E-state index is 0.162. The van der Waals surface area contributed by atoms with Gasteiger partial charge < -0.3 is 10.6 Å². The molecule has 0 aromatic heterocycles. The van der Waals surface area contributed by atoms with Crippen LogP contribution in [0.1, 0.15) is 26.7 Å². The van der Waals surface area contributed by atoms with Crippen molar-refractivity contribution >= 4 is 23.6 Å². The van der Waals surface area contributed by atoms with Crippen molar-refractivity contribution in [1.82, 2.24) is 4.90 Å². The highest BCUT2D eigenvalue weighted by Crippen LogP contribution is 2.37. The Bertz CT molecular complexity index is 308. The van der Waals surface area contributed by atoms with Gasteiger partial charge in [0.25, 0.3) is 0 Å². The van der Waals surface area contributed by atoms with Crippen LogP contribution in [0.3, 0.4) is 0 Å². The lowest BCUT2D eigenvalue weighted by Gasteiger charge is -2.42. The first-order valence-electron chi connectivity index (χ1n) is 5.33. The van der Waals surface area contributed by atoms with Gasteiger partial charge in [0, 0.05) is 11.8 Å². The van der Waals surface area contributed by atoms with Crippen molar-refractivity contribution in [2.45, 2.75) is 38.3 Å². The Kier molecular flexibility index (Phi) is 2.66. The van der Waals surface area contributed by atoms with Gasteiger partial charge in [-0.1, -0.05) is 0 Å². The van der Waals surface area contributed by atoms with Gasteiger partial charge in [-0.15, -0.1) is 0 Å². The topological polar surface area (TPSA) is 58.7 Å². The SMILES string of the molecule is CC(C)N1C(=O)N=C(N)C12CCCSC2. The number of hydrogen-bond acceptors (Lipinski definition) is 3. The van der Waals surface area contributed by atoms with Crippen LogP contribution in [0.5, 0.6) is 0 Å². The Morgan fingerprint density at radius 3 is 2.87 bits per heavy atom. The van der Waals surface area contributed by atoms with Gasteiger partial charge in [0.15, 0.2) is 0 Å². The van der Waals surface area contributed by atoms with Crippen LogP contribution in [-0.4, -0.2) is 39.9 Å². The van der Waals surface area contributed by atoms with Crippen LogP contribution in [0.4, 0.5) is 4.79 Å². The van der Waals surface area contributed by atoms with Crippen molar-refractivity contribution in [3.8, 4) is 0 Å². The largest absolute Gasteiger partial charge is 0.385 e. The van der Waals surface area contributed by atoms with E-state index in [0.29, 0.717) is 5.84 Å². The maximum absolute atomic E-state index is 11.7. The second kappa shape index (κ2) is 3.70. The zero-order chi connectivity index (χ0) is 11.1. The number of hydrogen-bond donors (Lipinski definition) is 1. The van der Waals surface area contributed by atoms with Crippen LogP contribution in [0.25, 0.3) is 0 Å². The van der Waals surface area contributed by atoms with E-state index < -0.39 is 0 Å². The average Bonchev–Trinajstić information content (AvgIpc) is 2.39. The summed E-state index contributed by atoms with van der Waals surface area (Å²) in [5, 5.41) is 0. The van der Waals surface area contributed by atoms with E-state index in [4.69, 9.17) is 5.73 Å². The summed E-state index contributed by atoms with van der Waals surface area (Å²) < 4.78 is 0. The predicted octanol–water partition coefficient (Wildman–Crippen LogP) is 1.45. The van der Waals surface area contributed by atoms with Gasteiger partial charge in [0.05, 0.1) is 0 Å². The summed E-state index contributed by atoms with van der Waals surface area (Å²) in [6, 6.07) is 0.00556. The van der Waals surface area contributed by atoms with Gasteiger partial charge in [0.1, 0.15) is 11.4 Å². The summed E-state index contributed by atoms with van der Waals surface area (Å²) in [6.07, 6.45) is 2.07. The third kappa shape index (κ3) is 1.53. The predicted molar refractivity (Wildman–Crippen MR) is 63.3 cm³/mol. The highest BCUT2D eigenvalue weighted by molar-refractivity contribution is 7.99. The van der Waals surface area contributed by atoms with Crippen molar-refractivity contribution in [1.29, 1.82) is 0 Å². The van der Waals surface area contributed by atoms with Crippen molar-refractivity contribution in [3.63, 3.8) is 0 Å². The molecular weight excluding hydrogens is 210 g/mol. The summed E-state index contributed by atoms with van der Waals surface area (Å²) >= 11 is 1.86. The third-order valence-electron chi connectivity index (χ3n) is 3.10. The Hall–Kier alpha value is -0.710. The number of urea groups is 1. The van der Waals surface area contributed by atoms with Gasteiger partial charge in [-0.3, -0.25) is 0 Å². The van der Waals surface area contributed by atoms with E-state index in [1.165, 1.54) is 0 Å². The van der Waals surface area contributed by atoms with E-state index in [0.717, 1.165) is 24.3 Å². The number of amides is 2. The second-order valence-electron chi connectivity index (χ2n) is 4.43. The minimum atomic E-state index is -0.284. The molecule has 0 saturated carbocycles. The number of nitrogens with zero attached hydrogens (tertiary/aromatic N) is 2. The van der Waals surface area contributed by atoms with Gasteiger partial charge >= 0.3 is 6.03 Å².